The van der Waals surface area contributed by atoms with Gasteiger partial charge in [-0.2, -0.15) is 5.26 Å². The molecule has 1 aromatic carbocycles. The van der Waals surface area contributed by atoms with Crippen molar-refractivity contribution in [1.82, 2.24) is 10.2 Å². The summed E-state index contributed by atoms with van der Waals surface area (Å²) < 4.78 is 0.613. The second-order valence-corrected chi connectivity index (χ2v) is 6.14. The van der Waals surface area contributed by atoms with Gasteiger partial charge in [0.05, 0.1) is 21.5 Å². The minimum atomic E-state index is -0.503. The molecule has 7 nitrogen and oxygen atoms in total. The minimum absolute atomic E-state index is 0.101. The number of hydrogen-bond acceptors (Lipinski definition) is 8. The first-order valence-corrected chi connectivity index (χ1v) is 7.02. The molecule has 0 bridgehead atoms. The van der Waals surface area contributed by atoms with Crippen molar-refractivity contribution in [2.75, 3.05) is 19.0 Å². The number of nitro benzene ring substituents is 1. The molecule has 0 N–H and O–H groups in total. The molecule has 0 aliphatic heterocycles. The van der Waals surface area contributed by atoms with E-state index in [2.05, 4.69) is 10.2 Å². The van der Waals surface area contributed by atoms with Gasteiger partial charge >= 0.3 is 0 Å². The van der Waals surface area contributed by atoms with E-state index in [1.165, 1.54) is 29.2 Å². The van der Waals surface area contributed by atoms with Crippen LogP contribution in [-0.4, -0.2) is 29.2 Å². The summed E-state index contributed by atoms with van der Waals surface area (Å²) in [5.74, 6) is 0. The van der Waals surface area contributed by atoms with Gasteiger partial charge in [-0.3, -0.25) is 10.1 Å². The Hall–Kier alpha value is -2.18. The molecule has 2 rings (SSSR count). The molecule has 0 spiro atoms. The van der Waals surface area contributed by atoms with E-state index in [1.54, 1.807) is 12.1 Å². The van der Waals surface area contributed by atoms with Crippen LogP contribution in [0.15, 0.2) is 27.4 Å². The Morgan fingerprint density at radius 2 is 2.20 bits per heavy atom. The summed E-state index contributed by atoms with van der Waals surface area (Å²) in [5, 5.41) is 28.5. The minimum Gasteiger partial charge on any atom is -0.353 e. The Balaban J connectivity index is 2.33. The lowest BCUT2D eigenvalue weighted by Crippen LogP contribution is -2.07. The van der Waals surface area contributed by atoms with Crippen LogP contribution in [0.3, 0.4) is 0 Å². The molecule has 9 heteroatoms. The average Bonchev–Trinajstić information content (AvgIpc) is 2.87. The van der Waals surface area contributed by atoms with Crippen LogP contribution in [0, 0.1) is 21.4 Å². The van der Waals surface area contributed by atoms with Crippen molar-refractivity contribution < 1.29 is 4.92 Å². The lowest BCUT2D eigenvalue weighted by molar-refractivity contribution is -0.387. The summed E-state index contributed by atoms with van der Waals surface area (Å²) in [4.78, 5) is 12.8. The van der Waals surface area contributed by atoms with Gasteiger partial charge in [0.25, 0.3) is 5.69 Å². The number of nitrogens with zero attached hydrogens (tertiary/aromatic N) is 5. The quantitative estimate of drug-likeness (QED) is 0.632. The van der Waals surface area contributed by atoms with E-state index in [1.807, 2.05) is 25.1 Å². The Morgan fingerprint density at radius 3 is 2.75 bits per heavy atom. The highest BCUT2D eigenvalue weighted by atomic mass is 32.2. The summed E-state index contributed by atoms with van der Waals surface area (Å²) >= 11 is 2.51. The van der Waals surface area contributed by atoms with Crippen molar-refractivity contribution in [3.63, 3.8) is 0 Å². The summed E-state index contributed by atoms with van der Waals surface area (Å²) in [7, 11) is 3.69. The van der Waals surface area contributed by atoms with Crippen molar-refractivity contribution in [3.05, 3.63) is 33.9 Å². The van der Waals surface area contributed by atoms with E-state index in [0.717, 1.165) is 5.13 Å². The smallest absolute Gasteiger partial charge is 0.284 e. The lowest BCUT2D eigenvalue weighted by Gasteiger charge is -2.03. The topological polar surface area (TPSA) is 96.0 Å². The zero-order chi connectivity index (χ0) is 14.7. The molecular weight excluding hydrogens is 298 g/mol. The van der Waals surface area contributed by atoms with Gasteiger partial charge in [0.1, 0.15) is 0 Å². The molecule has 1 heterocycles. The van der Waals surface area contributed by atoms with Gasteiger partial charge in [0.2, 0.25) is 5.13 Å². The molecule has 0 saturated carbocycles. The molecule has 2 aromatic rings. The third kappa shape index (κ3) is 3.04. The van der Waals surface area contributed by atoms with Gasteiger partial charge < -0.3 is 4.90 Å². The third-order valence-electron chi connectivity index (χ3n) is 2.26. The number of anilines is 1. The predicted molar refractivity (Wildman–Crippen MR) is 76.2 cm³/mol. The third-order valence-corrected chi connectivity index (χ3v) is 4.47. The van der Waals surface area contributed by atoms with Crippen LogP contribution in [0.25, 0.3) is 0 Å². The highest BCUT2D eigenvalue weighted by Gasteiger charge is 2.18. The summed E-state index contributed by atoms with van der Waals surface area (Å²) in [6.07, 6.45) is 0. The standard InChI is InChI=1S/C11H9N5O2S2/c1-15(2)10-13-14-11(20-10)19-9-4-3-7(6-12)5-8(9)16(17)18/h3-5H,1-2H3. The average molecular weight is 307 g/mol. The molecule has 0 radical (unpaired) electrons. The molecular formula is C11H9N5O2S2. The van der Waals surface area contributed by atoms with Gasteiger partial charge in [-0.15, -0.1) is 10.2 Å². The molecule has 0 aliphatic carbocycles. The first-order chi connectivity index (χ1) is 9.51. The van der Waals surface area contributed by atoms with E-state index < -0.39 is 4.92 Å². The Kier molecular flexibility index (Phi) is 4.16. The number of nitriles is 1. The normalized spacial score (nSPS) is 10.1. The van der Waals surface area contributed by atoms with Gasteiger partial charge in [0, 0.05) is 20.2 Å². The van der Waals surface area contributed by atoms with Crippen molar-refractivity contribution >= 4 is 33.9 Å². The van der Waals surface area contributed by atoms with Gasteiger partial charge in [-0.05, 0) is 23.9 Å². The van der Waals surface area contributed by atoms with E-state index in [9.17, 15) is 10.1 Å². The van der Waals surface area contributed by atoms with Crippen molar-refractivity contribution in [2.24, 2.45) is 0 Å². The molecule has 0 saturated heterocycles. The summed E-state index contributed by atoms with van der Waals surface area (Å²) in [5.41, 5.74) is 0.156. The van der Waals surface area contributed by atoms with Crippen LogP contribution in [0.1, 0.15) is 5.56 Å². The zero-order valence-electron chi connectivity index (χ0n) is 10.6. The fourth-order valence-electron chi connectivity index (χ4n) is 1.33. The van der Waals surface area contributed by atoms with Crippen LogP contribution in [0.2, 0.25) is 0 Å². The van der Waals surface area contributed by atoms with Crippen LogP contribution >= 0.6 is 23.1 Å². The van der Waals surface area contributed by atoms with E-state index in [0.29, 0.717) is 9.24 Å². The van der Waals surface area contributed by atoms with Crippen LogP contribution in [0.4, 0.5) is 10.8 Å². The van der Waals surface area contributed by atoms with Crippen LogP contribution in [0.5, 0.6) is 0 Å². The molecule has 0 fully saturated rings. The van der Waals surface area contributed by atoms with Gasteiger partial charge in [-0.1, -0.05) is 11.3 Å². The fraction of sp³-hybridized carbons (Fsp3) is 0.182. The lowest BCUT2D eigenvalue weighted by atomic mass is 10.2. The largest absolute Gasteiger partial charge is 0.353 e. The molecule has 0 amide bonds. The van der Waals surface area contributed by atoms with E-state index in [-0.39, 0.29) is 11.3 Å². The zero-order valence-corrected chi connectivity index (χ0v) is 12.2. The number of benzene rings is 1. The highest BCUT2D eigenvalue weighted by Crippen LogP contribution is 2.37. The number of rotatable bonds is 4. The molecule has 20 heavy (non-hydrogen) atoms. The van der Waals surface area contributed by atoms with Crippen molar-refractivity contribution in [3.8, 4) is 6.07 Å². The second-order valence-electron chi connectivity index (χ2n) is 3.90. The Morgan fingerprint density at radius 1 is 1.45 bits per heavy atom. The first-order valence-electron chi connectivity index (χ1n) is 5.38. The maximum atomic E-state index is 11.0. The number of nitro groups is 1. The predicted octanol–water partition coefficient (Wildman–Crippen LogP) is 2.54. The van der Waals surface area contributed by atoms with E-state index in [4.69, 9.17) is 5.26 Å². The first kappa shape index (κ1) is 14.2. The number of hydrogen-bond donors (Lipinski definition) is 0. The fourth-order valence-corrected chi connectivity index (χ4v) is 3.14. The summed E-state index contributed by atoms with van der Waals surface area (Å²) in [6, 6.07) is 6.25. The monoisotopic (exact) mass is 307 g/mol. The number of aromatic nitrogens is 2. The molecule has 102 valence electrons. The van der Waals surface area contributed by atoms with Gasteiger partial charge in [-0.25, -0.2) is 0 Å². The van der Waals surface area contributed by atoms with Gasteiger partial charge in [0.15, 0.2) is 4.34 Å². The van der Waals surface area contributed by atoms with Crippen LogP contribution in [-0.2, 0) is 0 Å². The van der Waals surface area contributed by atoms with E-state index >= 15 is 0 Å². The second kappa shape index (κ2) is 5.85. The SMILES string of the molecule is CN(C)c1nnc(Sc2ccc(C#N)cc2[N+](=O)[O-])s1. The van der Waals surface area contributed by atoms with Crippen LogP contribution < -0.4 is 4.90 Å². The highest BCUT2D eigenvalue weighted by molar-refractivity contribution is 8.01. The van der Waals surface area contributed by atoms with Crippen molar-refractivity contribution in [1.29, 1.82) is 5.26 Å². The maximum absolute atomic E-state index is 11.0. The molecule has 0 atom stereocenters. The summed E-state index contributed by atoms with van der Waals surface area (Å²) in [6.45, 7) is 0. The molecule has 1 aromatic heterocycles. The maximum Gasteiger partial charge on any atom is 0.284 e. The van der Waals surface area contributed by atoms with Crippen molar-refractivity contribution in [2.45, 2.75) is 9.24 Å². The Labute approximate surface area is 123 Å². The Bertz CT molecular complexity index is 692. The molecule has 0 unspecified atom stereocenters. The molecule has 0 aliphatic rings.